The quantitative estimate of drug-likeness (QED) is 0.881. The number of nitrogens with one attached hydrogen (secondary N) is 1. The van der Waals surface area contributed by atoms with Gasteiger partial charge in [-0.05, 0) is 25.1 Å². The molecule has 0 fully saturated rings. The summed E-state index contributed by atoms with van der Waals surface area (Å²) in [6.45, 7) is 1.85. The number of nitrogens with zero attached hydrogens (tertiary/aromatic N) is 2. The van der Waals surface area contributed by atoms with E-state index in [0.29, 0.717) is 16.9 Å². The van der Waals surface area contributed by atoms with Gasteiger partial charge in [0.05, 0.1) is 17.1 Å². The number of hydrogen-bond acceptors (Lipinski definition) is 4. The van der Waals surface area contributed by atoms with Crippen LogP contribution in [0.25, 0.3) is 0 Å². The Morgan fingerprint density at radius 3 is 3.00 bits per heavy atom. The zero-order valence-corrected chi connectivity index (χ0v) is 9.91. The highest BCUT2D eigenvalue weighted by molar-refractivity contribution is 7.09. The SMILES string of the molecule is Cc1scnc1C(=O)Nc1cccc(C#N)c1. The van der Waals surface area contributed by atoms with Gasteiger partial charge in [-0.2, -0.15) is 5.26 Å². The van der Waals surface area contributed by atoms with Crippen LogP contribution in [-0.2, 0) is 0 Å². The highest BCUT2D eigenvalue weighted by atomic mass is 32.1. The predicted octanol–water partition coefficient (Wildman–Crippen LogP) is 2.58. The standard InChI is InChI=1S/C12H9N3OS/c1-8-11(14-7-17-8)12(16)15-10-4-2-3-9(5-10)6-13/h2-5,7H,1H3,(H,15,16). The summed E-state index contributed by atoms with van der Waals surface area (Å²) in [5.41, 5.74) is 3.17. The summed E-state index contributed by atoms with van der Waals surface area (Å²) in [7, 11) is 0. The summed E-state index contributed by atoms with van der Waals surface area (Å²) < 4.78 is 0. The van der Waals surface area contributed by atoms with E-state index in [1.807, 2.05) is 13.0 Å². The maximum Gasteiger partial charge on any atom is 0.275 e. The van der Waals surface area contributed by atoms with E-state index in [1.165, 1.54) is 11.3 Å². The van der Waals surface area contributed by atoms with E-state index >= 15 is 0 Å². The highest BCUT2D eigenvalue weighted by Crippen LogP contribution is 2.15. The topological polar surface area (TPSA) is 65.8 Å². The molecule has 4 nitrogen and oxygen atoms in total. The Balaban J connectivity index is 2.19. The molecule has 17 heavy (non-hydrogen) atoms. The number of carbonyl (C=O) groups excluding carboxylic acids is 1. The van der Waals surface area contributed by atoms with Gasteiger partial charge in [0.25, 0.3) is 5.91 Å². The molecular formula is C12H9N3OS. The number of benzene rings is 1. The fourth-order valence-electron chi connectivity index (χ4n) is 1.38. The molecule has 0 atom stereocenters. The van der Waals surface area contributed by atoms with Crippen molar-refractivity contribution in [2.45, 2.75) is 6.92 Å². The van der Waals surface area contributed by atoms with Gasteiger partial charge in [0, 0.05) is 10.6 Å². The molecule has 0 aliphatic heterocycles. The summed E-state index contributed by atoms with van der Waals surface area (Å²) >= 11 is 1.43. The van der Waals surface area contributed by atoms with E-state index in [1.54, 1.807) is 29.8 Å². The Bertz CT molecular complexity index is 598. The molecule has 0 bridgehead atoms. The molecule has 1 amide bonds. The molecule has 1 aromatic heterocycles. The van der Waals surface area contributed by atoms with Crippen LogP contribution in [0.4, 0.5) is 5.69 Å². The van der Waals surface area contributed by atoms with Crippen LogP contribution in [0.1, 0.15) is 20.9 Å². The van der Waals surface area contributed by atoms with Gasteiger partial charge in [0.2, 0.25) is 0 Å². The van der Waals surface area contributed by atoms with Crippen LogP contribution < -0.4 is 5.32 Å². The van der Waals surface area contributed by atoms with Crippen molar-refractivity contribution in [1.82, 2.24) is 4.98 Å². The molecule has 0 radical (unpaired) electrons. The van der Waals surface area contributed by atoms with Crippen LogP contribution in [0, 0.1) is 18.3 Å². The maximum atomic E-state index is 11.8. The van der Waals surface area contributed by atoms with Crippen molar-refractivity contribution in [3.8, 4) is 6.07 Å². The lowest BCUT2D eigenvalue weighted by atomic mass is 10.2. The Labute approximate surface area is 103 Å². The molecule has 0 aliphatic rings. The molecule has 0 unspecified atom stereocenters. The summed E-state index contributed by atoms with van der Waals surface area (Å²) in [5.74, 6) is -0.251. The van der Waals surface area contributed by atoms with Gasteiger partial charge in [-0.25, -0.2) is 4.98 Å². The lowest BCUT2D eigenvalue weighted by Crippen LogP contribution is -2.13. The zero-order valence-electron chi connectivity index (χ0n) is 9.10. The molecule has 0 aliphatic carbocycles. The number of amides is 1. The van der Waals surface area contributed by atoms with E-state index in [9.17, 15) is 4.79 Å². The number of hydrogen-bond donors (Lipinski definition) is 1. The van der Waals surface area contributed by atoms with Crippen LogP contribution in [0.5, 0.6) is 0 Å². The fraction of sp³-hybridized carbons (Fsp3) is 0.0833. The lowest BCUT2D eigenvalue weighted by molar-refractivity contribution is 0.102. The monoisotopic (exact) mass is 243 g/mol. The molecule has 84 valence electrons. The summed E-state index contributed by atoms with van der Waals surface area (Å²) in [6.07, 6.45) is 0. The number of rotatable bonds is 2. The van der Waals surface area contributed by atoms with Crippen molar-refractivity contribution in [1.29, 1.82) is 5.26 Å². The van der Waals surface area contributed by atoms with E-state index < -0.39 is 0 Å². The van der Waals surface area contributed by atoms with E-state index in [-0.39, 0.29) is 5.91 Å². The van der Waals surface area contributed by atoms with Crippen molar-refractivity contribution >= 4 is 22.9 Å². The van der Waals surface area contributed by atoms with Crippen molar-refractivity contribution in [2.75, 3.05) is 5.32 Å². The van der Waals surface area contributed by atoms with Gasteiger partial charge in [-0.15, -0.1) is 11.3 Å². The molecule has 1 heterocycles. The Kier molecular flexibility index (Phi) is 3.17. The Morgan fingerprint density at radius 1 is 1.53 bits per heavy atom. The molecule has 0 spiro atoms. The van der Waals surface area contributed by atoms with E-state index in [4.69, 9.17) is 5.26 Å². The molecule has 2 rings (SSSR count). The third kappa shape index (κ3) is 2.49. The second-order valence-electron chi connectivity index (χ2n) is 3.40. The predicted molar refractivity (Wildman–Crippen MR) is 66.0 cm³/mol. The summed E-state index contributed by atoms with van der Waals surface area (Å²) in [6, 6.07) is 8.79. The van der Waals surface area contributed by atoms with Gasteiger partial charge in [-0.3, -0.25) is 4.79 Å². The fourth-order valence-corrected chi connectivity index (χ4v) is 1.95. The third-order valence-corrected chi connectivity index (χ3v) is 2.97. The molecule has 2 aromatic rings. The first-order valence-electron chi connectivity index (χ1n) is 4.92. The largest absolute Gasteiger partial charge is 0.321 e. The minimum absolute atomic E-state index is 0.251. The smallest absolute Gasteiger partial charge is 0.275 e. The zero-order chi connectivity index (χ0) is 12.3. The van der Waals surface area contributed by atoms with Gasteiger partial charge < -0.3 is 5.32 Å². The van der Waals surface area contributed by atoms with Crippen molar-refractivity contribution in [3.05, 3.63) is 45.9 Å². The van der Waals surface area contributed by atoms with Gasteiger partial charge in [0.15, 0.2) is 0 Å². The van der Waals surface area contributed by atoms with Gasteiger partial charge in [0.1, 0.15) is 5.69 Å². The molecule has 0 saturated heterocycles. The average Bonchev–Trinajstić information content (AvgIpc) is 2.76. The normalized spacial score (nSPS) is 9.65. The van der Waals surface area contributed by atoms with Gasteiger partial charge >= 0.3 is 0 Å². The molecule has 1 N–H and O–H groups in total. The van der Waals surface area contributed by atoms with E-state index in [2.05, 4.69) is 10.3 Å². The summed E-state index contributed by atoms with van der Waals surface area (Å²) in [5, 5.41) is 11.5. The van der Waals surface area contributed by atoms with Crippen LogP contribution >= 0.6 is 11.3 Å². The number of thiazole rings is 1. The lowest BCUT2D eigenvalue weighted by Gasteiger charge is -2.03. The maximum absolute atomic E-state index is 11.8. The van der Waals surface area contributed by atoms with Gasteiger partial charge in [-0.1, -0.05) is 6.07 Å². The van der Waals surface area contributed by atoms with Crippen molar-refractivity contribution in [2.24, 2.45) is 0 Å². The first-order valence-corrected chi connectivity index (χ1v) is 5.80. The number of carbonyl (C=O) groups is 1. The van der Waals surface area contributed by atoms with Crippen LogP contribution in [0.15, 0.2) is 29.8 Å². The highest BCUT2D eigenvalue weighted by Gasteiger charge is 2.11. The molecular weight excluding hydrogens is 234 g/mol. The van der Waals surface area contributed by atoms with E-state index in [0.717, 1.165) is 4.88 Å². The average molecular weight is 243 g/mol. The van der Waals surface area contributed by atoms with Crippen LogP contribution in [0.3, 0.4) is 0 Å². The second kappa shape index (κ2) is 4.76. The number of nitriles is 1. The molecule has 0 saturated carbocycles. The van der Waals surface area contributed by atoms with Crippen molar-refractivity contribution < 1.29 is 4.79 Å². The number of aromatic nitrogens is 1. The third-order valence-electron chi connectivity index (χ3n) is 2.21. The van der Waals surface area contributed by atoms with Crippen LogP contribution in [0.2, 0.25) is 0 Å². The van der Waals surface area contributed by atoms with Crippen LogP contribution in [-0.4, -0.2) is 10.9 Å². The van der Waals surface area contributed by atoms with Crippen molar-refractivity contribution in [3.63, 3.8) is 0 Å². The summed E-state index contributed by atoms with van der Waals surface area (Å²) in [4.78, 5) is 16.7. The number of anilines is 1. The second-order valence-corrected chi connectivity index (χ2v) is 4.46. The molecule has 5 heteroatoms. The number of aryl methyl sites for hydroxylation is 1. The molecule has 1 aromatic carbocycles. The minimum Gasteiger partial charge on any atom is -0.321 e. The first kappa shape index (κ1) is 11.3. The first-order chi connectivity index (χ1) is 8.20. The minimum atomic E-state index is -0.251. The Hall–Kier alpha value is -2.19. The Morgan fingerprint density at radius 2 is 2.35 bits per heavy atom.